The van der Waals surface area contributed by atoms with Crippen molar-refractivity contribution in [3.05, 3.63) is 0 Å². The first kappa shape index (κ1) is 15.8. The van der Waals surface area contributed by atoms with Crippen molar-refractivity contribution < 1.29 is 0 Å². The Morgan fingerprint density at radius 3 is 2.29 bits per heavy atom. The van der Waals surface area contributed by atoms with Gasteiger partial charge < -0.3 is 4.90 Å². The van der Waals surface area contributed by atoms with E-state index in [1.807, 2.05) is 0 Å². The first-order valence-electron chi connectivity index (χ1n) is 10.0. The molecule has 3 rings (SSSR count). The molecule has 0 aromatic heterocycles. The highest BCUT2D eigenvalue weighted by Crippen LogP contribution is 2.34. The predicted octanol–water partition coefficient (Wildman–Crippen LogP) is 5.50. The lowest BCUT2D eigenvalue weighted by Gasteiger charge is -2.39. The van der Waals surface area contributed by atoms with Gasteiger partial charge in [0.1, 0.15) is 0 Å². The van der Waals surface area contributed by atoms with Gasteiger partial charge in [0.25, 0.3) is 0 Å². The zero-order valence-electron chi connectivity index (χ0n) is 14.4. The molecule has 0 aromatic rings. The molecule has 0 radical (unpaired) electrons. The maximum Gasteiger partial charge on any atom is 0.00123 e. The summed E-state index contributed by atoms with van der Waals surface area (Å²) in [4.78, 5) is 2.85. The van der Waals surface area contributed by atoms with Crippen LogP contribution in [0.5, 0.6) is 0 Å². The second-order valence-electron chi connectivity index (χ2n) is 8.53. The minimum Gasteiger partial charge on any atom is -0.303 e. The summed E-state index contributed by atoms with van der Waals surface area (Å²) < 4.78 is 0. The Morgan fingerprint density at radius 1 is 0.762 bits per heavy atom. The van der Waals surface area contributed by atoms with E-state index in [0.29, 0.717) is 0 Å². The smallest absolute Gasteiger partial charge is 0.00123 e. The van der Waals surface area contributed by atoms with Crippen LogP contribution in [0.25, 0.3) is 0 Å². The van der Waals surface area contributed by atoms with Crippen molar-refractivity contribution >= 4 is 0 Å². The van der Waals surface area contributed by atoms with E-state index in [1.165, 1.54) is 90.3 Å². The second kappa shape index (κ2) is 7.99. The first-order valence-corrected chi connectivity index (χ1v) is 10.0. The molecule has 3 atom stereocenters. The van der Waals surface area contributed by atoms with Crippen LogP contribution in [0.4, 0.5) is 0 Å². The van der Waals surface area contributed by atoms with Crippen molar-refractivity contribution in [2.24, 2.45) is 23.7 Å². The van der Waals surface area contributed by atoms with Crippen LogP contribution >= 0.6 is 0 Å². The van der Waals surface area contributed by atoms with Crippen LogP contribution in [0.15, 0.2) is 0 Å². The summed E-state index contributed by atoms with van der Waals surface area (Å²) in [6.07, 6.45) is 18.1. The third-order valence-electron chi connectivity index (χ3n) is 6.78. The van der Waals surface area contributed by atoms with Gasteiger partial charge in [-0.15, -0.1) is 0 Å². The van der Waals surface area contributed by atoms with Gasteiger partial charge in [0.15, 0.2) is 0 Å². The molecule has 2 saturated carbocycles. The fourth-order valence-electron chi connectivity index (χ4n) is 5.40. The summed E-state index contributed by atoms with van der Waals surface area (Å²) in [6.45, 7) is 6.75. The molecule has 0 bridgehead atoms. The molecule has 2 aliphatic carbocycles. The molecule has 122 valence electrons. The van der Waals surface area contributed by atoms with Crippen LogP contribution in [0.1, 0.15) is 84.0 Å². The zero-order chi connectivity index (χ0) is 14.5. The molecule has 0 aromatic carbocycles. The van der Waals surface area contributed by atoms with Crippen molar-refractivity contribution in [2.45, 2.75) is 84.0 Å². The molecule has 1 aliphatic heterocycles. The Labute approximate surface area is 132 Å². The van der Waals surface area contributed by atoms with Gasteiger partial charge in [-0.3, -0.25) is 0 Å². The number of hydrogen-bond acceptors (Lipinski definition) is 1. The van der Waals surface area contributed by atoms with Crippen molar-refractivity contribution in [2.75, 3.05) is 19.6 Å². The summed E-state index contributed by atoms with van der Waals surface area (Å²) in [6, 6.07) is 0. The number of nitrogens with zero attached hydrogens (tertiary/aromatic N) is 1. The van der Waals surface area contributed by atoms with Crippen molar-refractivity contribution in [1.29, 1.82) is 0 Å². The highest BCUT2D eigenvalue weighted by Gasteiger charge is 2.28. The van der Waals surface area contributed by atoms with Crippen LogP contribution in [-0.4, -0.2) is 24.5 Å². The molecule has 3 fully saturated rings. The van der Waals surface area contributed by atoms with Crippen LogP contribution in [-0.2, 0) is 0 Å². The van der Waals surface area contributed by atoms with Gasteiger partial charge in [0.05, 0.1) is 0 Å². The van der Waals surface area contributed by atoms with E-state index < -0.39 is 0 Å². The monoisotopic (exact) mass is 291 g/mol. The summed E-state index contributed by atoms with van der Waals surface area (Å²) >= 11 is 0. The average molecular weight is 292 g/mol. The molecule has 0 N–H and O–H groups in total. The minimum absolute atomic E-state index is 0.984. The Hall–Kier alpha value is -0.0400. The Kier molecular flexibility index (Phi) is 6.03. The molecule has 3 aliphatic rings. The van der Waals surface area contributed by atoms with Crippen molar-refractivity contribution in [3.8, 4) is 0 Å². The largest absolute Gasteiger partial charge is 0.303 e. The van der Waals surface area contributed by atoms with E-state index in [0.717, 1.165) is 23.7 Å². The van der Waals surface area contributed by atoms with Crippen molar-refractivity contribution in [3.63, 3.8) is 0 Å². The number of likely N-dealkylation sites (tertiary alicyclic amines) is 1. The van der Waals surface area contributed by atoms with Crippen LogP contribution in [0, 0.1) is 23.7 Å². The third-order valence-corrected chi connectivity index (χ3v) is 6.78. The number of hydrogen-bond donors (Lipinski definition) is 0. The van der Waals surface area contributed by atoms with E-state index in [2.05, 4.69) is 11.8 Å². The fourth-order valence-corrected chi connectivity index (χ4v) is 5.40. The summed E-state index contributed by atoms with van der Waals surface area (Å²) in [7, 11) is 0. The maximum absolute atomic E-state index is 2.85. The average Bonchev–Trinajstić information content (AvgIpc) is 2.51. The molecular formula is C20H37N. The standard InChI is InChI=1S/C20H37N/c1-17-8-5-6-12-20(17)16-21-13-7-11-19(15-21)14-18-9-3-2-4-10-18/h17-20H,2-16H2,1H3. The van der Waals surface area contributed by atoms with E-state index in [1.54, 1.807) is 6.42 Å². The van der Waals surface area contributed by atoms with Gasteiger partial charge in [-0.2, -0.15) is 0 Å². The topological polar surface area (TPSA) is 3.24 Å². The normalized spacial score (nSPS) is 36.7. The third kappa shape index (κ3) is 4.71. The van der Waals surface area contributed by atoms with Crippen LogP contribution in [0.3, 0.4) is 0 Å². The molecule has 0 spiro atoms. The van der Waals surface area contributed by atoms with Gasteiger partial charge in [0, 0.05) is 13.1 Å². The lowest BCUT2D eigenvalue weighted by atomic mass is 9.78. The summed E-state index contributed by atoms with van der Waals surface area (Å²) in [5.74, 6) is 4.10. The molecular weight excluding hydrogens is 254 g/mol. The number of rotatable bonds is 4. The summed E-state index contributed by atoms with van der Waals surface area (Å²) in [5.41, 5.74) is 0. The maximum atomic E-state index is 2.85. The lowest BCUT2D eigenvalue weighted by Crippen LogP contribution is -2.41. The molecule has 1 heterocycles. The van der Waals surface area contributed by atoms with E-state index in [-0.39, 0.29) is 0 Å². The SMILES string of the molecule is CC1CCCCC1CN1CCCC(CC2CCCCC2)C1. The fraction of sp³-hybridized carbons (Fsp3) is 1.00. The first-order chi connectivity index (χ1) is 10.3. The molecule has 1 nitrogen and oxygen atoms in total. The Balaban J connectivity index is 1.44. The van der Waals surface area contributed by atoms with Gasteiger partial charge >= 0.3 is 0 Å². The highest BCUT2D eigenvalue weighted by molar-refractivity contribution is 4.81. The number of piperidine rings is 1. The van der Waals surface area contributed by atoms with Crippen molar-refractivity contribution in [1.82, 2.24) is 4.90 Å². The predicted molar refractivity (Wildman–Crippen MR) is 91.5 cm³/mol. The Bertz CT molecular complexity index is 294. The molecule has 3 unspecified atom stereocenters. The summed E-state index contributed by atoms with van der Waals surface area (Å²) in [5, 5.41) is 0. The Morgan fingerprint density at radius 2 is 1.48 bits per heavy atom. The van der Waals surface area contributed by atoms with E-state index in [9.17, 15) is 0 Å². The zero-order valence-corrected chi connectivity index (χ0v) is 14.4. The van der Waals surface area contributed by atoms with Gasteiger partial charge in [-0.25, -0.2) is 0 Å². The van der Waals surface area contributed by atoms with Crippen LogP contribution in [0.2, 0.25) is 0 Å². The van der Waals surface area contributed by atoms with E-state index in [4.69, 9.17) is 0 Å². The molecule has 1 heteroatoms. The van der Waals surface area contributed by atoms with Crippen LogP contribution < -0.4 is 0 Å². The highest BCUT2D eigenvalue weighted by atomic mass is 15.1. The lowest BCUT2D eigenvalue weighted by molar-refractivity contribution is 0.103. The van der Waals surface area contributed by atoms with Gasteiger partial charge in [0.2, 0.25) is 0 Å². The molecule has 21 heavy (non-hydrogen) atoms. The molecule has 0 amide bonds. The van der Waals surface area contributed by atoms with E-state index >= 15 is 0 Å². The molecule has 1 saturated heterocycles. The minimum atomic E-state index is 0.984. The second-order valence-corrected chi connectivity index (χ2v) is 8.53. The van der Waals surface area contributed by atoms with Gasteiger partial charge in [-0.05, 0) is 55.9 Å². The quantitative estimate of drug-likeness (QED) is 0.661. The van der Waals surface area contributed by atoms with Gasteiger partial charge in [-0.1, -0.05) is 58.3 Å².